The first kappa shape index (κ1) is 14.8. The number of imide groups is 1. The van der Waals surface area contributed by atoms with E-state index in [0.717, 1.165) is 6.26 Å². The van der Waals surface area contributed by atoms with E-state index in [0.29, 0.717) is 5.58 Å². The zero-order chi connectivity index (χ0) is 17.6. The van der Waals surface area contributed by atoms with Crippen LogP contribution >= 0.6 is 0 Å². The number of fused-ring (bicyclic) bond motifs is 2. The molecule has 0 unspecified atom stereocenters. The molecule has 0 bridgehead atoms. The highest BCUT2D eigenvalue weighted by Crippen LogP contribution is 2.24. The molecule has 7 heteroatoms. The summed E-state index contributed by atoms with van der Waals surface area (Å²) >= 11 is 0. The Morgan fingerprint density at radius 2 is 1.76 bits per heavy atom. The Bertz CT molecular complexity index is 1130. The van der Waals surface area contributed by atoms with Crippen LogP contribution in [0.15, 0.2) is 57.9 Å². The molecule has 4 rings (SSSR count). The Labute approximate surface area is 140 Å². The lowest BCUT2D eigenvalue weighted by Gasteiger charge is -2.08. The Hall–Kier alpha value is -3.74. The smallest absolute Gasteiger partial charge is 0.262 e. The summed E-state index contributed by atoms with van der Waals surface area (Å²) in [5.41, 5.74) is 0.0981. The highest BCUT2D eigenvalue weighted by molar-refractivity contribution is 6.25. The van der Waals surface area contributed by atoms with Crippen molar-refractivity contribution in [2.75, 3.05) is 5.32 Å². The standard InChI is InChI=1S/C18H10N2O5/c21-15-9-4-1-2-7-13(9)25-8-11(15)17(23)19-12-6-3-5-10-14(12)18(24)20-16(10)22/h1-8H,(H,19,23)(H,20,22,24). The van der Waals surface area contributed by atoms with Crippen molar-refractivity contribution < 1.29 is 18.8 Å². The summed E-state index contributed by atoms with van der Waals surface area (Å²) in [5.74, 6) is -1.84. The third-order valence-corrected chi connectivity index (χ3v) is 3.94. The Kier molecular flexibility index (Phi) is 3.21. The molecule has 2 heterocycles. The van der Waals surface area contributed by atoms with Gasteiger partial charge in [-0.2, -0.15) is 0 Å². The lowest BCUT2D eigenvalue weighted by molar-refractivity contribution is 0.0879. The summed E-state index contributed by atoms with van der Waals surface area (Å²) in [6.07, 6.45) is 1.08. The van der Waals surface area contributed by atoms with Gasteiger partial charge in [0, 0.05) is 0 Å². The fraction of sp³-hybridized carbons (Fsp3) is 0. The van der Waals surface area contributed by atoms with E-state index in [1.807, 2.05) is 0 Å². The molecule has 7 nitrogen and oxygen atoms in total. The van der Waals surface area contributed by atoms with Crippen LogP contribution in [0.25, 0.3) is 11.0 Å². The van der Waals surface area contributed by atoms with Crippen LogP contribution in [0.5, 0.6) is 0 Å². The van der Waals surface area contributed by atoms with Crippen LogP contribution < -0.4 is 16.1 Å². The number of rotatable bonds is 2. The quantitative estimate of drug-likeness (QED) is 0.697. The molecule has 0 atom stereocenters. The van der Waals surface area contributed by atoms with Crippen molar-refractivity contribution in [1.29, 1.82) is 0 Å². The molecule has 0 aliphatic carbocycles. The minimum absolute atomic E-state index is 0.0750. The van der Waals surface area contributed by atoms with Crippen molar-refractivity contribution in [3.8, 4) is 0 Å². The molecular weight excluding hydrogens is 324 g/mol. The average Bonchev–Trinajstić information content (AvgIpc) is 2.90. The summed E-state index contributed by atoms with van der Waals surface area (Å²) in [6, 6.07) is 11.1. The number of benzene rings is 2. The van der Waals surface area contributed by atoms with Crippen LogP contribution in [0.1, 0.15) is 31.1 Å². The molecule has 3 amide bonds. The van der Waals surface area contributed by atoms with Crippen LogP contribution in [-0.4, -0.2) is 17.7 Å². The van der Waals surface area contributed by atoms with E-state index < -0.39 is 23.2 Å². The maximum atomic E-state index is 12.5. The van der Waals surface area contributed by atoms with Gasteiger partial charge in [-0.3, -0.25) is 24.5 Å². The Morgan fingerprint density at radius 1 is 0.960 bits per heavy atom. The van der Waals surface area contributed by atoms with Gasteiger partial charge in [-0.1, -0.05) is 18.2 Å². The van der Waals surface area contributed by atoms with Gasteiger partial charge in [0.2, 0.25) is 5.43 Å². The normalized spacial score (nSPS) is 12.8. The number of nitrogens with one attached hydrogen (secondary N) is 2. The predicted octanol–water partition coefficient (Wildman–Crippen LogP) is 1.93. The molecule has 3 aromatic rings. The second kappa shape index (κ2) is 5.41. The topological polar surface area (TPSA) is 105 Å². The molecule has 1 aromatic heterocycles. The zero-order valence-electron chi connectivity index (χ0n) is 12.7. The third kappa shape index (κ3) is 2.29. The van der Waals surface area contributed by atoms with E-state index in [9.17, 15) is 19.2 Å². The molecule has 1 aliphatic heterocycles. The minimum Gasteiger partial charge on any atom is -0.463 e. The number of carbonyl (C=O) groups excluding carboxylic acids is 3. The Balaban J connectivity index is 1.75. The zero-order valence-corrected chi connectivity index (χ0v) is 12.7. The highest BCUT2D eigenvalue weighted by atomic mass is 16.3. The molecular formula is C18H10N2O5. The van der Waals surface area contributed by atoms with E-state index in [2.05, 4.69) is 10.6 Å². The van der Waals surface area contributed by atoms with E-state index in [1.54, 1.807) is 24.3 Å². The van der Waals surface area contributed by atoms with E-state index in [-0.39, 0.29) is 27.8 Å². The number of carbonyl (C=O) groups is 3. The first-order chi connectivity index (χ1) is 12.1. The molecule has 0 radical (unpaired) electrons. The van der Waals surface area contributed by atoms with Gasteiger partial charge in [-0.15, -0.1) is 0 Å². The number of hydrogen-bond donors (Lipinski definition) is 2. The first-order valence-electron chi connectivity index (χ1n) is 7.37. The summed E-state index contributed by atoms with van der Waals surface area (Å²) in [7, 11) is 0. The molecule has 0 fully saturated rings. The monoisotopic (exact) mass is 334 g/mol. The molecule has 1 aliphatic rings. The summed E-state index contributed by atoms with van der Waals surface area (Å²) in [5, 5.41) is 4.94. The fourth-order valence-electron chi connectivity index (χ4n) is 2.75. The van der Waals surface area contributed by atoms with E-state index in [4.69, 9.17) is 4.42 Å². The number of amides is 3. The second-order valence-electron chi connectivity index (χ2n) is 5.44. The van der Waals surface area contributed by atoms with Crippen LogP contribution in [0.2, 0.25) is 0 Å². The van der Waals surface area contributed by atoms with E-state index in [1.165, 1.54) is 18.2 Å². The van der Waals surface area contributed by atoms with Crippen LogP contribution in [0, 0.1) is 0 Å². The van der Waals surface area contributed by atoms with Gasteiger partial charge in [0.15, 0.2) is 0 Å². The van der Waals surface area contributed by atoms with Crippen molar-refractivity contribution in [2.24, 2.45) is 0 Å². The number of hydrogen-bond acceptors (Lipinski definition) is 5. The predicted molar refractivity (Wildman–Crippen MR) is 88.7 cm³/mol. The van der Waals surface area contributed by atoms with Crippen molar-refractivity contribution >= 4 is 34.4 Å². The average molecular weight is 334 g/mol. The SMILES string of the molecule is O=C1NC(=O)c2c(NC(=O)c3coc4ccccc4c3=O)cccc21. The van der Waals surface area contributed by atoms with Gasteiger partial charge in [0.05, 0.1) is 22.2 Å². The maximum Gasteiger partial charge on any atom is 0.262 e. The van der Waals surface area contributed by atoms with Crippen LogP contribution in [0.3, 0.4) is 0 Å². The van der Waals surface area contributed by atoms with Crippen LogP contribution in [-0.2, 0) is 0 Å². The number of anilines is 1. The summed E-state index contributed by atoms with van der Waals surface area (Å²) in [6.45, 7) is 0. The van der Waals surface area contributed by atoms with Gasteiger partial charge in [-0.25, -0.2) is 0 Å². The summed E-state index contributed by atoms with van der Waals surface area (Å²) in [4.78, 5) is 48.5. The second-order valence-corrected chi connectivity index (χ2v) is 5.44. The molecule has 0 saturated carbocycles. The van der Waals surface area contributed by atoms with Gasteiger partial charge >= 0.3 is 0 Å². The Morgan fingerprint density at radius 3 is 2.60 bits per heavy atom. The van der Waals surface area contributed by atoms with Crippen molar-refractivity contribution in [1.82, 2.24) is 5.32 Å². The molecule has 0 spiro atoms. The lowest BCUT2D eigenvalue weighted by Crippen LogP contribution is -2.23. The van der Waals surface area contributed by atoms with Crippen molar-refractivity contribution in [3.63, 3.8) is 0 Å². The van der Waals surface area contributed by atoms with Crippen molar-refractivity contribution in [2.45, 2.75) is 0 Å². The molecule has 0 saturated heterocycles. The molecule has 122 valence electrons. The van der Waals surface area contributed by atoms with Gasteiger partial charge in [0.1, 0.15) is 17.4 Å². The largest absolute Gasteiger partial charge is 0.463 e. The first-order valence-corrected chi connectivity index (χ1v) is 7.37. The van der Waals surface area contributed by atoms with E-state index >= 15 is 0 Å². The van der Waals surface area contributed by atoms with Gasteiger partial charge in [-0.05, 0) is 24.3 Å². The summed E-state index contributed by atoms with van der Waals surface area (Å²) < 4.78 is 5.32. The maximum absolute atomic E-state index is 12.5. The number of para-hydroxylation sites is 1. The minimum atomic E-state index is -0.722. The fourth-order valence-corrected chi connectivity index (χ4v) is 2.75. The van der Waals surface area contributed by atoms with Crippen molar-refractivity contribution in [3.05, 3.63) is 75.6 Å². The molecule has 2 aromatic carbocycles. The highest BCUT2D eigenvalue weighted by Gasteiger charge is 2.30. The van der Waals surface area contributed by atoms with Gasteiger partial charge < -0.3 is 9.73 Å². The van der Waals surface area contributed by atoms with Gasteiger partial charge in [0.25, 0.3) is 17.7 Å². The molecule has 25 heavy (non-hydrogen) atoms. The third-order valence-electron chi connectivity index (χ3n) is 3.94. The lowest BCUT2D eigenvalue weighted by atomic mass is 10.1. The molecule has 2 N–H and O–H groups in total. The van der Waals surface area contributed by atoms with Crippen LogP contribution in [0.4, 0.5) is 5.69 Å².